The van der Waals surface area contributed by atoms with Gasteiger partial charge < -0.3 is 9.47 Å². The number of pyridine rings is 2. The molecule has 4 heteroatoms. The van der Waals surface area contributed by atoms with Crippen LogP contribution in [0.3, 0.4) is 0 Å². The van der Waals surface area contributed by atoms with Crippen LogP contribution in [0.25, 0.3) is 27.5 Å². The molecule has 0 aromatic carbocycles. The van der Waals surface area contributed by atoms with Crippen molar-refractivity contribution >= 4 is 27.5 Å². The number of hydrogen-bond donors (Lipinski definition) is 0. The van der Waals surface area contributed by atoms with Gasteiger partial charge in [0.25, 0.3) is 0 Å². The van der Waals surface area contributed by atoms with Gasteiger partial charge in [0, 0.05) is 59.2 Å². The van der Waals surface area contributed by atoms with Gasteiger partial charge in [-0.3, -0.25) is 9.97 Å². The van der Waals surface area contributed by atoms with Gasteiger partial charge in [-0.2, -0.15) is 0 Å². The molecule has 0 aliphatic rings. The lowest BCUT2D eigenvalue weighted by Crippen LogP contribution is -2.26. The zero-order chi connectivity index (χ0) is 22.2. The monoisotopic (exact) mass is 410 g/mol. The lowest BCUT2D eigenvalue weighted by Gasteiger charge is -2.28. The van der Waals surface area contributed by atoms with Crippen molar-refractivity contribution < 1.29 is 0 Å². The first-order valence-corrected chi connectivity index (χ1v) is 10.6. The molecule has 3 rings (SSSR count). The highest BCUT2D eigenvalue weighted by atomic mass is 15.1. The maximum Gasteiger partial charge on any atom is 0.0572 e. The summed E-state index contributed by atoms with van der Waals surface area (Å²) < 4.78 is 2.16. The van der Waals surface area contributed by atoms with Crippen LogP contribution in [0.2, 0.25) is 0 Å². The van der Waals surface area contributed by atoms with Gasteiger partial charge in [0.1, 0.15) is 0 Å². The fraction of sp³-hybridized carbons (Fsp3) is 0.185. The second-order valence-corrected chi connectivity index (χ2v) is 7.29. The van der Waals surface area contributed by atoms with E-state index >= 15 is 0 Å². The van der Waals surface area contributed by atoms with Gasteiger partial charge in [-0.05, 0) is 50.6 Å². The van der Waals surface area contributed by atoms with Crippen LogP contribution in [0.5, 0.6) is 0 Å². The lowest BCUT2D eigenvalue weighted by molar-refractivity contribution is 0.360. The molecule has 3 aromatic heterocycles. The van der Waals surface area contributed by atoms with E-state index in [1.54, 1.807) is 6.08 Å². The zero-order valence-electron chi connectivity index (χ0n) is 18.6. The third-order valence-electron chi connectivity index (χ3n) is 5.37. The molecule has 1 atom stereocenters. The van der Waals surface area contributed by atoms with Crippen molar-refractivity contribution in [2.45, 2.75) is 33.2 Å². The quantitative estimate of drug-likeness (QED) is 0.361. The molecular formula is C27H30N4. The number of allylic oxidation sites excluding steroid dienone is 8. The van der Waals surface area contributed by atoms with E-state index in [-0.39, 0.29) is 0 Å². The van der Waals surface area contributed by atoms with E-state index in [0.717, 1.165) is 39.6 Å². The van der Waals surface area contributed by atoms with Crippen LogP contribution >= 0.6 is 0 Å². The van der Waals surface area contributed by atoms with Gasteiger partial charge >= 0.3 is 0 Å². The normalized spacial score (nSPS) is 13.7. The van der Waals surface area contributed by atoms with Crippen LogP contribution in [-0.4, -0.2) is 25.5 Å². The van der Waals surface area contributed by atoms with E-state index < -0.39 is 0 Å². The summed E-state index contributed by atoms with van der Waals surface area (Å²) in [6.45, 7) is 14.6. The van der Waals surface area contributed by atoms with Crippen molar-refractivity contribution in [3.05, 3.63) is 105 Å². The summed E-state index contributed by atoms with van der Waals surface area (Å²) in [6.07, 6.45) is 24.6. The molecule has 0 spiro atoms. The Balaban J connectivity index is 1.97. The molecule has 0 aliphatic heterocycles. The number of fused-ring (bicyclic) bond motifs is 3. The predicted molar refractivity (Wildman–Crippen MR) is 133 cm³/mol. The summed E-state index contributed by atoms with van der Waals surface area (Å²) in [6, 6.07) is 4.40. The maximum atomic E-state index is 4.36. The largest absolute Gasteiger partial charge is 0.345 e. The van der Waals surface area contributed by atoms with E-state index in [1.807, 2.05) is 55.1 Å². The van der Waals surface area contributed by atoms with Gasteiger partial charge in [-0.15, -0.1) is 0 Å². The molecule has 158 valence electrons. The van der Waals surface area contributed by atoms with E-state index in [1.165, 1.54) is 0 Å². The third-order valence-corrected chi connectivity index (χ3v) is 5.37. The van der Waals surface area contributed by atoms with Crippen LogP contribution in [0.15, 0.2) is 105 Å². The highest BCUT2D eigenvalue weighted by molar-refractivity contribution is 6.09. The van der Waals surface area contributed by atoms with Crippen molar-refractivity contribution in [3.8, 4) is 0 Å². The summed E-state index contributed by atoms with van der Waals surface area (Å²) in [4.78, 5) is 10.9. The van der Waals surface area contributed by atoms with E-state index in [9.17, 15) is 0 Å². The van der Waals surface area contributed by atoms with Crippen LogP contribution in [0.4, 0.5) is 0 Å². The molecule has 0 bridgehead atoms. The fourth-order valence-corrected chi connectivity index (χ4v) is 3.58. The Kier molecular flexibility index (Phi) is 7.39. The summed E-state index contributed by atoms with van der Waals surface area (Å²) in [5.74, 6) is 0. The zero-order valence-corrected chi connectivity index (χ0v) is 18.6. The van der Waals surface area contributed by atoms with Crippen LogP contribution in [0.1, 0.15) is 27.2 Å². The second-order valence-electron chi connectivity index (χ2n) is 7.29. The molecular weight excluding hydrogens is 380 g/mol. The summed E-state index contributed by atoms with van der Waals surface area (Å²) in [5.41, 5.74) is 4.14. The summed E-state index contributed by atoms with van der Waals surface area (Å²) in [7, 11) is 0. The topological polar surface area (TPSA) is 34.0 Å². The molecule has 0 saturated heterocycles. The Hall–Kier alpha value is -3.66. The highest BCUT2D eigenvalue weighted by Gasteiger charge is 2.13. The smallest absolute Gasteiger partial charge is 0.0572 e. The van der Waals surface area contributed by atoms with Crippen molar-refractivity contribution in [1.82, 2.24) is 19.4 Å². The fourth-order valence-electron chi connectivity index (χ4n) is 3.58. The Morgan fingerprint density at radius 1 is 1.06 bits per heavy atom. The number of aromatic nitrogens is 3. The van der Waals surface area contributed by atoms with E-state index in [4.69, 9.17) is 0 Å². The molecule has 0 aliphatic carbocycles. The molecule has 0 radical (unpaired) electrons. The number of nitrogens with zero attached hydrogens (tertiary/aromatic N) is 4. The average molecular weight is 411 g/mol. The van der Waals surface area contributed by atoms with Crippen LogP contribution in [0, 0.1) is 0 Å². The summed E-state index contributed by atoms with van der Waals surface area (Å²) >= 11 is 0. The van der Waals surface area contributed by atoms with Crippen molar-refractivity contribution in [2.75, 3.05) is 0 Å². The first-order chi connectivity index (χ1) is 15.1. The minimum Gasteiger partial charge on any atom is -0.345 e. The van der Waals surface area contributed by atoms with Gasteiger partial charge in [0.2, 0.25) is 0 Å². The molecule has 3 heterocycles. The minimum atomic E-state index is 0.364. The molecule has 0 amide bonds. The van der Waals surface area contributed by atoms with Crippen LogP contribution in [-0.2, 0) is 0 Å². The molecule has 4 nitrogen and oxygen atoms in total. The van der Waals surface area contributed by atoms with Gasteiger partial charge in [-0.25, -0.2) is 0 Å². The average Bonchev–Trinajstić information content (AvgIpc) is 3.14. The predicted octanol–water partition coefficient (Wildman–Crippen LogP) is 6.87. The molecule has 3 aromatic rings. The Labute approximate surface area is 184 Å². The van der Waals surface area contributed by atoms with Gasteiger partial charge in [0.15, 0.2) is 0 Å². The molecule has 0 N–H and O–H groups in total. The molecule has 1 unspecified atom stereocenters. The third kappa shape index (κ3) is 4.75. The van der Waals surface area contributed by atoms with E-state index in [2.05, 4.69) is 77.8 Å². The van der Waals surface area contributed by atoms with Gasteiger partial charge in [-0.1, -0.05) is 44.4 Å². The SMILES string of the molecule is C=C/C=C\C=C\N(C(/C=C\C(=C)n1c2ccncc2c2cnccc21)=C\C)C(C)CC. The second kappa shape index (κ2) is 10.4. The molecule has 0 fully saturated rings. The first-order valence-electron chi connectivity index (χ1n) is 10.6. The Morgan fingerprint density at radius 2 is 1.71 bits per heavy atom. The molecule has 31 heavy (non-hydrogen) atoms. The highest BCUT2D eigenvalue weighted by Crippen LogP contribution is 2.30. The van der Waals surface area contributed by atoms with Crippen molar-refractivity contribution in [1.29, 1.82) is 0 Å². The summed E-state index contributed by atoms with van der Waals surface area (Å²) in [5, 5.41) is 2.15. The van der Waals surface area contributed by atoms with Gasteiger partial charge in [0.05, 0.1) is 11.0 Å². The number of rotatable bonds is 9. The Morgan fingerprint density at radius 3 is 2.26 bits per heavy atom. The Bertz CT molecular complexity index is 1140. The molecule has 0 saturated carbocycles. The van der Waals surface area contributed by atoms with Crippen molar-refractivity contribution in [3.63, 3.8) is 0 Å². The van der Waals surface area contributed by atoms with E-state index in [0.29, 0.717) is 6.04 Å². The minimum absolute atomic E-state index is 0.364. The number of hydrogen-bond acceptors (Lipinski definition) is 3. The first kappa shape index (κ1) is 22.0. The van der Waals surface area contributed by atoms with Crippen LogP contribution < -0.4 is 0 Å². The maximum absolute atomic E-state index is 4.36. The van der Waals surface area contributed by atoms with Crippen molar-refractivity contribution in [2.24, 2.45) is 0 Å². The lowest BCUT2D eigenvalue weighted by atomic mass is 10.2. The standard InChI is InChI=1S/C27H30N4/c1-6-9-10-11-18-30(21(4)7-2)23(8-3)13-12-22(5)31-26-14-16-28-19-24(26)25-20-29-17-15-27(25)31/h6,8-21H,1,5,7H2,2-4H3/b10-9-,13-12-,18-11+,23-8-.